The zero-order valence-electron chi connectivity index (χ0n) is 12.2. The van der Waals surface area contributed by atoms with E-state index in [-0.39, 0.29) is 5.75 Å². The van der Waals surface area contributed by atoms with Crippen molar-refractivity contribution in [3.63, 3.8) is 0 Å². The summed E-state index contributed by atoms with van der Waals surface area (Å²) in [4.78, 5) is 11.5. The Bertz CT molecular complexity index is 733. The smallest absolute Gasteiger partial charge is 0.267 e. The second-order valence-electron chi connectivity index (χ2n) is 4.73. The fourth-order valence-corrected chi connectivity index (χ4v) is 2.91. The molecule has 0 spiro atoms. The highest BCUT2D eigenvalue weighted by molar-refractivity contribution is 8.00. The van der Waals surface area contributed by atoms with Gasteiger partial charge in [-0.15, -0.1) is 0 Å². The molecule has 0 aliphatic carbocycles. The van der Waals surface area contributed by atoms with E-state index in [1.54, 1.807) is 12.1 Å². The van der Waals surface area contributed by atoms with E-state index in [1.807, 2.05) is 37.3 Å². The largest absolute Gasteiger partial charge is 0.505 e. The predicted octanol–water partition coefficient (Wildman–Crippen LogP) is 3.99. The van der Waals surface area contributed by atoms with Crippen molar-refractivity contribution >= 4 is 41.2 Å². The Morgan fingerprint density at radius 3 is 2.61 bits per heavy atom. The predicted molar refractivity (Wildman–Crippen MR) is 92.7 cm³/mol. The summed E-state index contributed by atoms with van der Waals surface area (Å²) >= 11 is 7.20. The summed E-state index contributed by atoms with van der Waals surface area (Å²) in [5.74, 6) is -0.543. The van der Waals surface area contributed by atoms with E-state index in [2.05, 4.69) is 4.72 Å². The van der Waals surface area contributed by atoms with Crippen LogP contribution in [-0.4, -0.2) is 16.2 Å². The maximum absolute atomic E-state index is 10.9. The van der Waals surface area contributed by atoms with E-state index >= 15 is 0 Å². The number of carbonyl (C=O) groups is 1. The summed E-state index contributed by atoms with van der Waals surface area (Å²) in [6.07, 6.45) is 2.80. The molecule has 5 nitrogen and oxygen atoms in total. The number of aryl methyl sites for hydroxylation is 1. The van der Waals surface area contributed by atoms with Crippen LogP contribution in [0.25, 0.3) is 6.08 Å². The van der Waals surface area contributed by atoms with Crippen molar-refractivity contribution in [2.24, 2.45) is 0 Å². The van der Waals surface area contributed by atoms with E-state index in [1.165, 1.54) is 23.5 Å². The summed E-state index contributed by atoms with van der Waals surface area (Å²) in [5.41, 5.74) is 4.12. The fourth-order valence-electron chi connectivity index (χ4n) is 1.77. The molecule has 0 aromatic heterocycles. The number of rotatable bonds is 5. The number of phenols is 1. The van der Waals surface area contributed by atoms with Gasteiger partial charge in [-0.25, -0.2) is 5.48 Å². The highest BCUT2D eigenvalue weighted by Crippen LogP contribution is 2.36. The SMILES string of the molecule is Cc1cc(Cl)c(O)c(SNc2ccc(/C=C/C(=O)NO)cc2)c1. The van der Waals surface area contributed by atoms with Gasteiger partial charge in [0, 0.05) is 11.8 Å². The second kappa shape index (κ2) is 7.92. The van der Waals surface area contributed by atoms with Crippen molar-refractivity contribution in [2.45, 2.75) is 11.8 Å². The first kappa shape index (κ1) is 17.2. The van der Waals surface area contributed by atoms with E-state index in [0.717, 1.165) is 16.8 Å². The number of halogens is 1. The Morgan fingerprint density at radius 1 is 1.26 bits per heavy atom. The molecule has 23 heavy (non-hydrogen) atoms. The number of benzene rings is 2. The third-order valence-electron chi connectivity index (χ3n) is 2.90. The Labute approximate surface area is 143 Å². The number of amides is 1. The van der Waals surface area contributed by atoms with E-state index in [0.29, 0.717) is 9.92 Å². The third-order valence-corrected chi connectivity index (χ3v) is 4.06. The van der Waals surface area contributed by atoms with Crippen LogP contribution in [0.2, 0.25) is 5.02 Å². The molecule has 120 valence electrons. The molecule has 0 heterocycles. The molecule has 2 aromatic carbocycles. The lowest BCUT2D eigenvalue weighted by Gasteiger charge is -2.09. The molecule has 4 N–H and O–H groups in total. The molecule has 0 saturated heterocycles. The van der Waals surface area contributed by atoms with Gasteiger partial charge in [0.25, 0.3) is 5.91 Å². The van der Waals surface area contributed by atoms with Gasteiger partial charge in [-0.3, -0.25) is 10.0 Å². The minimum absolute atomic E-state index is 0.0457. The Hall–Kier alpha value is -2.15. The van der Waals surface area contributed by atoms with Crippen LogP contribution in [0, 0.1) is 6.92 Å². The summed E-state index contributed by atoms with van der Waals surface area (Å²) in [7, 11) is 0. The van der Waals surface area contributed by atoms with Crippen LogP contribution in [0.3, 0.4) is 0 Å². The molecule has 2 aromatic rings. The van der Waals surface area contributed by atoms with Gasteiger partial charge < -0.3 is 9.83 Å². The van der Waals surface area contributed by atoms with Gasteiger partial charge in [-0.05, 0) is 60.3 Å². The van der Waals surface area contributed by atoms with Crippen molar-refractivity contribution in [2.75, 3.05) is 4.72 Å². The summed E-state index contributed by atoms with van der Waals surface area (Å²) < 4.78 is 3.11. The molecule has 7 heteroatoms. The van der Waals surface area contributed by atoms with Gasteiger partial charge in [0.15, 0.2) is 0 Å². The average Bonchev–Trinajstić information content (AvgIpc) is 2.55. The first-order valence-electron chi connectivity index (χ1n) is 6.64. The molecule has 0 aliphatic heterocycles. The first-order valence-corrected chi connectivity index (χ1v) is 7.83. The molecule has 0 fully saturated rings. The quantitative estimate of drug-likeness (QED) is 0.284. The Kier molecular flexibility index (Phi) is 5.92. The van der Waals surface area contributed by atoms with Crippen LogP contribution in [-0.2, 0) is 4.79 Å². The zero-order valence-corrected chi connectivity index (χ0v) is 13.8. The molecular formula is C16H15ClN2O3S. The van der Waals surface area contributed by atoms with Gasteiger partial charge in [-0.2, -0.15) is 0 Å². The molecule has 0 saturated carbocycles. The standard InChI is InChI=1S/C16H15ClN2O3S/c1-10-8-13(17)16(21)14(9-10)23-19-12-5-2-11(3-6-12)4-7-15(20)18-22/h2-9,19,21-22H,1H3,(H,18,20)/b7-4+. The summed E-state index contributed by atoms with van der Waals surface area (Å²) in [6.45, 7) is 1.90. The molecule has 1 amide bonds. The van der Waals surface area contributed by atoms with Crippen LogP contribution in [0.15, 0.2) is 47.4 Å². The van der Waals surface area contributed by atoms with Crippen LogP contribution in [0.4, 0.5) is 5.69 Å². The van der Waals surface area contributed by atoms with Crippen LogP contribution >= 0.6 is 23.5 Å². The zero-order chi connectivity index (χ0) is 16.8. The first-order chi connectivity index (χ1) is 11.0. The average molecular weight is 351 g/mol. The van der Waals surface area contributed by atoms with Crippen molar-refractivity contribution in [3.8, 4) is 5.75 Å². The molecular weight excluding hydrogens is 336 g/mol. The number of carbonyl (C=O) groups excluding carboxylic acids is 1. The maximum atomic E-state index is 10.9. The van der Waals surface area contributed by atoms with Gasteiger partial charge in [-0.1, -0.05) is 23.7 Å². The lowest BCUT2D eigenvalue weighted by Crippen LogP contribution is -2.14. The lowest BCUT2D eigenvalue weighted by molar-refractivity contribution is -0.124. The van der Waals surface area contributed by atoms with Crippen molar-refractivity contribution < 1.29 is 15.1 Å². The number of anilines is 1. The molecule has 2 rings (SSSR count). The third kappa shape index (κ3) is 4.92. The summed E-state index contributed by atoms with van der Waals surface area (Å²) in [5, 5.41) is 18.6. The fraction of sp³-hybridized carbons (Fsp3) is 0.0625. The minimum Gasteiger partial charge on any atom is -0.505 e. The molecule has 0 unspecified atom stereocenters. The van der Waals surface area contributed by atoms with Gasteiger partial charge in [0.2, 0.25) is 0 Å². The molecule has 0 atom stereocenters. The van der Waals surface area contributed by atoms with Crippen LogP contribution in [0.1, 0.15) is 11.1 Å². The highest BCUT2D eigenvalue weighted by atomic mass is 35.5. The Balaban J connectivity index is 2.02. The van der Waals surface area contributed by atoms with Crippen LogP contribution in [0.5, 0.6) is 5.75 Å². The number of hydrogen-bond acceptors (Lipinski definition) is 5. The van der Waals surface area contributed by atoms with Crippen molar-refractivity contribution in [3.05, 3.63) is 58.6 Å². The van der Waals surface area contributed by atoms with Crippen LogP contribution < -0.4 is 10.2 Å². The molecule has 0 aliphatic rings. The molecule has 0 bridgehead atoms. The number of nitrogens with one attached hydrogen (secondary N) is 2. The maximum Gasteiger partial charge on any atom is 0.267 e. The topological polar surface area (TPSA) is 81.6 Å². The van der Waals surface area contributed by atoms with E-state index < -0.39 is 5.91 Å². The van der Waals surface area contributed by atoms with E-state index in [9.17, 15) is 9.90 Å². The second-order valence-corrected chi connectivity index (χ2v) is 5.98. The Morgan fingerprint density at radius 2 is 1.96 bits per heavy atom. The van der Waals surface area contributed by atoms with Gasteiger partial charge in [0.05, 0.1) is 9.92 Å². The number of hydroxylamine groups is 1. The number of hydrogen-bond donors (Lipinski definition) is 4. The van der Waals surface area contributed by atoms with Gasteiger partial charge >= 0.3 is 0 Å². The van der Waals surface area contributed by atoms with Crippen molar-refractivity contribution in [1.82, 2.24) is 5.48 Å². The lowest BCUT2D eigenvalue weighted by atomic mass is 10.2. The normalized spacial score (nSPS) is 10.7. The number of phenolic OH excluding ortho intramolecular Hbond substituents is 1. The molecule has 0 radical (unpaired) electrons. The van der Waals surface area contributed by atoms with E-state index in [4.69, 9.17) is 16.8 Å². The monoisotopic (exact) mass is 350 g/mol. The van der Waals surface area contributed by atoms with Crippen molar-refractivity contribution in [1.29, 1.82) is 0 Å². The highest BCUT2D eigenvalue weighted by Gasteiger charge is 2.08. The number of aromatic hydroxyl groups is 1. The minimum atomic E-state index is -0.588. The van der Waals surface area contributed by atoms with Gasteiger partial charge in [0.1, 0.15) is 5.75 Å². The summed E-state index contributed by atoms with van der Waals surface area (Å²) in [6, 6.07) is 10.8.